The molecule has 0 aromatic carbocycles. The Morgan fingerprint density at radius 1 is 1.24 bits per heavy atom. The maximum absolute atomic E-state index is 5.71. The Hall–Kier alpha value is -1.82. The van der Waals surface area contributed by atoms with Gasteiger partial charge in [-0.1, -0.05) is 19.4 Å². The van der Waals surface area contributed by atoms with Gasteiger partial charge in [0.05, 0.1) is 13.2 Å². The molecule has 2 rings (SSSR count). The summed E-state index contributed by atoms with van der Waals surface area (Å²) < 4.78 is 5.71. The van der Waals surface area contributed by atoms with E-state index in [2.05, 4.69) is 34.4 Å². The second kappa shape index (κ2) is 11.7. The number of likely N-dealkylation sites (tertiary alicyclic amines) is 1. The molecule has 0 spiro atoms. The second-order valence-electron chi connectivity index (χ2n) is 6.34. The molecule has 0 aliphatic carbocycles. The predicted molar refractivity (Wildman–Crippen MR) is 103 cm³/mol. The van der Waals surface area contributed by atoms with Crippen molar-refractivity contribution in [3.63, 3.8) is 0 Å². The van der Waals surface area contributed by atoms with E-state index in [4.69, 9.17) is 9.73 Å². The maximum Gasteiger partial charge on any atom is 0.218 e. The van der Waals surface area contributed by atoms with Crippen LogP contribution in [-0.2, 0) is 6.54 Å². The van der Waals surface area contributed by atoms with E-state index in [0.29, 0.717) is 19.0 Å². The van der Waals surface area contributed by atoms with Gasteiger partial charge < -0.3 is 20.3 Å². The Bertz CT molecular complexity index is 514. The van der Waals surface area contributed by atoms with Crippen molar-refractivity contribution in [2.75, 3.05) is 39.3 Å². The van der Waals surface area contributed by atoms with Gasteiger partial charge in [-0.25, -0.2) is 9.98 Å². The van der Waals surface area contributed by atoms with Crippen LogP contribution in [0, 0.1) is 0 Å². The third-order valence-corrected chi connectivity index (χ3v) is 4.21. The highest BCUT2D eigenvalue weighted by Crippen LogP contribution is 2.15. The molecular formula is C19H33N5O. The minimum absolute atomic E-state index is 0.561. The number of nitrogens with one attached hydrogen (secondary N) is 2. The molecule has 1 aliphatic heterocycles. The van der Waals surface area contributed by atoms with Crippen molar-refractivity contribution in [2.45, 2.75) is 46.1 Å². The number of hydrogen-bond donors (Lipinski definition) is 2. The molecule has 0 saturated carbocycles. The molecule has 1 aromatic heterocycles. The van der Waals surface area contributed by atoms with Crippen molar-refractivity contribution in [1.82, 2.24) is 20.5 Å². The number of hydrogen-bond acceptors (Lipinski definition) is 4. The quantitative estimate of drug-likeness (QED) is 0.531. The summed E-state index contributed by atoms with van der Waals surface area (Å²) in [6.07, 6.45) is 6.77. The number of ether oxygens (including phenoxy) is 1. The lowest BCUT2D eigenvalue weighted by atomic mass is 10.1. The molecule has 2 N–H and O–H groups in total. The number of aromatic nitrogens is 1. The van der Waals surface area contributed by atoms with Crippen LogP contribution in [0.1, 0.15) is 45.1 Å². The molecular weight excluding hydrogens is 314 g/mol. The molecule has 2 heterocycles. The fourth-order valence-electron chi connectivity index (χ4n) is 2.89. The highest BCUT2D eigenvalue weighted by molar-refractivity contribution is 5.79. The van der Waals surface area contributed by atoms with Gasteiger partial charge in [-0.15, -0.1) is 0 Å². The van der Waals surface area contributed by atoms with Crippen molar-refractivity contribution >= 4 is 5.96 Å². The van der Waals surface area contributed by atoms with Crippen molar-refractivity contribution in [3.05, 3.63) is 23.9 Å². The zero-order valence-corrected chi connectivity index (χ0v) is 15.8. The predicted octanol–water partition coefficient (Wildman–Crippen LogP) is 2.41. The van der Waals surface area contributed by atoms with Crippen LogP contribution >= 0.6 is 0 Å². The fraction of sp³-hybridized carbons (Fsp3) is 0.684. The summed E-state index contributed by atoms with van der Waals surface area (Å²) in [7, 11) is 0. The minimum atomic E-state index is 0.561. The average molecular weight is 348 g/mol. The number of rotatable bonds is 9. The molecule has 0 amide bonds. The van der Waals surface area contributed by atoms with Gasteiger partial charge in [0.15, 0.2) is 5.96 Å². The SMILES string of the molecule is CCCOc1ncccc1CN=C(NCC)NCCN1CCCCC1. The van der Waals surface area contributed by atoms with E-state index in [1.54, 1.807) is 6.20 Å². The second-order valence-corrected chi connectivity index (χ2v) is 6.34. The summed E-state index contributed by atoms with van der Waals surface area (Å²) in [5, 5.41) is 6.75. The monoisotopic (exact) mass is 347 g/mol. The van der Waals surface area contributed by atoms with Crippen LogP contribution in [0.3, 0.4) is 0 Å². The number of aliphatic imine (C=N–C) groups is 1. The van der Waals surface area contributed by atoms with E-state index in [0.717, 1.165) is 37.6 Å². The normalized spacial score (nSPS) is 15.8. The molecule has 0 radical (unpaired) electrons. The van der Waals surface area contributed by atoms with Crippen LogP contribution in [0.2, 0.25) is 0 Å². The first-order valence-corrected chi connectivity index (χ1v) is 9.64. The van der Waals surface area contributed by atoms with Gasteiger partial charge in [0, 0.05) is 31.4 Å². The van der Waals surface area contributed by atoms with Crippen molar-refractivity contribution in [2.24, 2.45) is 4.99 Å². The highest BCUT2D eigenvalue weighted by Gasteiger charge is 2.09. The smallest absolute Gasteiger partial charge is 0.218 e. The molecule has 0 atom stereocenters. The Labute approximate surface area is 152 Å². The van der Waals surface area contributed by atoms with E-state index in [1.807, 2.05) is 12.1 Å². The van der Waals surface area contributed by atoms with Gasteiger partial charge >= 0.3 is 0 Å². The van der Waals surface area contributed by atoms with Crippen LogP contribution < -0.4 is 15.4 Å². The van der Waals surface area contributed by atoms with Crippen LogP contribution in [0.15, 0.2) is 23.3 Å². The number of guanidine groups is 1. The Kier molecular flexibility index (Phi) is 9.12. The summed E-state index contributed by atoms with van der Waals surface area (Å²) in [4.78, 5) is 11.5. The molecule has 6 heteroatoms. The van der Waals surface area contributed by atoms with Crippen LogP contribution in [0.5, 0.6) is 5.88 Å². The van der Waals surface area contributed by atoms with E-state index in [-0.39, 0.29) is 0 Å². The number of piperidine rings is 1. The van der Waals surface area contributed by atoms with E-state index in [9.17, 15) is 0 Å². The molecule has 1 aromatic rings. The summed E-state index contributed by atoms with van der Waals surface area (Å²) in [5.41, 5.74) is 1.02. The maximum atomic E-state index is 5.71. The first-order valence-electron chi connectivity index (χ1n) is 9.64. The fourth-order valence-corrected chi connectivity index (χ4v) is 2.89. The summed E-state index contributed by atoms with van der Waals surface area (Å²) >= 11 is 0. The van der Waals surface area contributed by atoms with E-state index in [1.165, 1.54) is 32.4 Å². The van der Waals surface area contributed by atoms with Crippen LogP contribution in [0.4, 0.5) is 0 Å². The van der Waals surface area contributed by atoms with Crippen molar-refractivity contribution < 1.29 is 4.74 Å². The van der Waals surface area contributed by atoms with Crippen LogP contribution in [-0.4, -0.2) is 55.2 Å². The van der Waals surface area contributed by atoms with Crippen LogP contribution in [0.25, 0.3) is 0 Å². The van der Waals surface area contributed by atoms with Gasteiger partial charge in [0.1, 0.15) is 0 Å². The third kappa shape index (κ3) is 7.30. The molecule has 6 nitrogen and oxygen atoms in total. The largest absolute Gasteiger partial charge is 0.477 e. The molecule has 0 unspecified atom stereocenters. The lowest BCUT2D eigenvalue weighted by Gasteiger charge is -2.26. The number of pyridine rings is 1. The van der Waals surface area contributed by atoms with Gasteiger partial charge in [-0.3, -0.25) is 0 Å². The van der Waals surface area contributed by atoms with E-state index < -0.39 is 0 Å². The highest BCUT2D eigenvalue weighted by atomic mass is 16.5. The lowest BCUT2D eigenvalue weighted by Crippen LogP contribution is -2.42. The minimum Gasteiger partial charge on any atom is -0.477 e. The summed E-state index contributed by atoms with van der Waals surface area (Å²) in [6.45, 7) is 10.7. The Morgan fingerprint density at radius 3 is 2.84 bits per heavy atom. The Morgan fingerprint density at radius 2 is 2.08 bits per heavy atom. The first kappa shape index (κ1) is 19.5. The van der Waals surface area contributed by atoms with Gasteiger partial charge in [0.2, 0.25) is 5.88 Å². The zero-order valence-electron chi connectivity index (χ0n) is 15.8. The first-order chi connectivity index (χ1) is 12.3. The summed E-state index contributed by atoms with van der Waals surface area (Å²) in [6, 6.07) is 3.96. The molecule has 0 bridgehead atoms. The van der Waals surface area contributed by atoms with Gasteiger partial charge in [0.25, 0.3) is 0 Å². The molecule has 25 heavy (non-hydrogen) atoms. The topological polar surface area (TPSA) is 61.8 Å². The zero-order chi connectivity index (χ0) is 17.7. The molecule has 1 fully saturated rings. The summed E-state index contributed by atoms with van der Waals surface area (Å²) in [5.74, 6) is 1.54. The molecule has 1 aliphatic rings. The lowest BCUT2D eigenvalue weighted by molar-refractivity contribution is 0.232. The van der Waals surface area contributed by atoms with Crippen molar-refractivity contribution in [1.29, 1.82) is 0 Å². The van der Waals surface area contributed by atoms with Gasteiger partial charge in [-0.2, -0.15) is 0 Å². The molecule has 140 valence electrons. The third-order valence-electron chi connectivity index (χ3n) is 4.21. The number of nitrogens with zero attached hydrogens (tertiary/aromatic N) is 3. The van der Waals surface area contributed by atoms with Crippen molar-refractivity contribution in [3.8, 4) is 5.88 Å². The molecule has 1 saturated heterocycles. The Balaban J connectivity index is 1.85. The van der Waals surface area contributed by atoms with E-state index >= 15 is 0 Å². The van der Waals surface area contributed by atoms with Gasteiger partial charge in [-0.05, 0) is 45.3 Å². The standard InChI is InChI=1S/C19H33N5O/c1-3-15-25-18-17(9-8-10-21-18)16-23-19(20-4-2)22-11-14-24-12-6-5-7-13-24/h8-10H,3-7,11-16H2,1-2H3,(H2,20,22,23). The average Bonchev–Trinajstić information content (AvgIpc) is 2.66.